The predicted octanol–water partition coefficient (Wildman–Crippen LogP) is 17.5. The summed E-state index contributed by atoms with van der Waals surface area (Å²) < 4.78 is 8.66. The molecule has 0 saturated carbocycles. The van der Waals surface area contributed by atoms with Gasteiger partial charge in [0.25, 0.3) is 0 Å². The molecule has 0 saturated heterocycles. The Labute approximate surface area is 376 Å². The first kappa shape index (κ1) is 36.9. The second-order valence-electron chi connectivity index (χ2n) is 17.0. The standard InChI is InChI=1S/C62H40N2O/c1-3-15-51(16-4-1)63(53-29-25-41-13-7-8-14-42(41)37-53)54-30-26-43-33-44(23-24-45(43)38-54)48-34-49(46-28-32-62-58(39-46)57-20-10-12-22-61(57)65-62)36-50(35-48)47-27-31-56-55-19-9-11-21-59(55)64(60(56)40-47)52-17-5-2-6-18-52/h1-40H. The third-order valence-electron chi connectivity index (χ3n) is 13.1. The van der Waals surface area contributed by atoms with Gasteiger partial charge in [0.2, 0.25) is 0 Å². The molecule has 304 valence electrons. The lowest BCUT2D eigenvalue weighted by molar-refractivity contribution is 0.669. The van der Waals surface area contributed by atoms with Crippen molar-refractivity contribution >= 4 is 82.4 Å². The third-order valence-corrected chi connectivity index (χ3v) is 13.1. The fraction of sp³-hybridized carbons (Fsp3) is 0. The number of aromatic nitrogens is 1. The van der Waals surface area contributed by atoms with Crippen LogP contribution in [0.4, 0.5) is 17.1 Å². The second kappa shape index (κ2) is 15.0. The summed E-state index contributed by atoms with van der Waals surface area (Å²) in [7, 11) is 0. The van der Waals surface area contributed by atoms with Gasteiger partial charge in [-0.3, -0.25) is 0 Å². The van der Waals surface area contributed by atoms with Gasteiger partial charge >= 0.3 is 0 Å². The topological polar surface area (TPSA) is 21.3 Å². The van der Waals surface area contributed by atoms with Crippen LogP contribution in [0.3, 0.4) is 0 Å². The van der Waals surface area contributed by atoms with Crippen LogP contribution >= 0.6 is 0 Å². The Hall–Kier alpha value is -8.66. The monoisotopic (exact) mass is 828 g/mol. The average molecular weight is 829 g/mol. The van der Waals surface area contributed by atoms with Crippen molar-refractivity contribution in [1.82, 2.24) is 4.57 Å². The molecule has 13 aromatic rings. The van der Waals surface area contributed by atoms with Crippen molar-refractivity contribution < 1.29 is 4.42 Å². The Balaban J connectivity index is 0.965. The molecule has 13 rings (SSSR count). The number of nitrogens with zero attached hydrogens (tertiary/aromatic N) is 2. The average Bonchev–Trinajstić information content (AvgIpc) is 3.92. The molecule has 0 aliphatic carbocycles. The molecule has 0 atom stereocenters. The summed E-state index contributed by atoms with van der Waals surface area (Å²) in [6.07, 6.45) is 0. The molecule has 11 aromatic carbocycles. The Morgan fingerprint density at radius 2 is 0.800 bits per heavy atom. The minimum Gasteiger partial charge on any atom is -0.456 e. The van der Waals surface area contributed by atoms with Crippen LogP contribution in [0.1, 0.15) is 0 Å². The molecule has 0 fully saturated rings. The maximum atomic E-state index is 6.27. The second-order valence-corrected chi connectivity index (χ2v) is 17.0. The molecule has 0 unspecified atom stereocenters. The number of anilines is 3. The molecule has 0 aliphatic rings. The zero-order chi connectivity index (χ0) is 42.8. The van der Waals surface area contributed by atoms with Gasteiger partial charge < -0.3 is 13.9 Å². The summed E-state index contributed by atoms with van der Waals surface area (Å²) in [5.41, 5.74) is 15.6. The van der Waals surface area contributed by atoms with Gasteiger partial charge in [0.15, 0.2) is 0 Å². The molecule has 0 bridgehead atoms. The van der Waals surface area contributed by atoms with Crippen LogP contribution in [-0.2, 0) is 0 Å². The summed E-state index contributed by atoms with van der Waals surface area (Å²) in [6.45, 7) is 0. The molecule has 3 heteroatoms. The van der Waals surface area contributed by atoms with E-state index in [0.717, 1.165) is 78.1 Å². The predicted molar refractivity (Wildman–Crippen MR) is 274 cm³/mol. The van der Waals surface area contributed by atoms with E-state index in [0.29, 0.717) is 0 Å². The van der Waals surface area contributed by atoms with Gasteiger partial charge in [0.1, 0.15) is 11.2 Å². The zero-order valence-corrected chi connectivity index (χ0v) is 35.4. The van der Waals surface area contributed by atoms with Crippen LogP contribution in [0.2, 0.25) is 0 Å². The van der Waals surface area contributed by atoms with Crippen LogP contribution in [0.5, 0.6) is 0 Å². The minimum atomic E-state index is 0.894. The number of fused-ring (bicyclic) bond motifs is 8. The van der Waals surface area contributed by atoms with Gasteiger partial charge in [-0.05, 0) is 158 Å². The van der Waals surface area contributed by atoms with Crippen molar-refractivity contribution in [3.8, 4) is 39.1 Å². The molecular formula is C62H40N2O. The fourth-order valence-corrected chi connectivity index (χ4v) is 9.93. The van der Waals surface area contributed by atoms with E-state index in [1.165, 1.54) is 43.4 Å². The number of rotatable bonds is 7. The summed E-state index contributed by atoms with van der Waals surface area (Å²) >= 11 is 0. The summed E-state index contributed by atoms with van der Waals surface area (Å²) in [5.74, 6) is 0. The molecule has 0 amide bonds. The van der Waals surface area contributed by atoms with E-state index in [-0.39, 0.29) is 0 Å². The minimum absolute atomic E-state index is 0.894. The largest absolute Gasteiger partial charge is 0.456 e. The number of benzene rings is 11. The molecule has 2 heterocycles. The van der Waals surface area contributed by atoms with E-state index in [2.05, 4.69) is 240 Å². The molecule has 0 N–H and O–H groups in total. The van der Waals surface area contributed by atoms with Crippen molar-refractivity contribution in [2.24, 2.45) is 0 Å². The highest BCUT2D eigenvalue weighted by molar-refractivity contribution is 6.11. The normalized spacial score (nSPS) is 11.7. The quantitative estimate of drug-likeness (QED) is 0.160. The van der Waals surface area contributed by atoms with E-state index < -0.39 is 0 Å². The highest BCUT2D eigenvalue weighted by Crippen LogP contribution is 2.41. The molecule has 3 nitrogen and oxygen atoms in total. The van der Waals surface area contributed by atoms with Gasteiger partial charge in [0.05, 0.1) is 11.0 Å². The smallest absolute Gasteiger partial charge is 0.135 e. The Kier molecular flexibility index (Phi) is 8.53. The first-order valence-electron chi connectivity index (χ1n) is 22.2. The number of para-hydroxylation sites is 4. The van der Waals surface area contributed by atoms with Gasteiger partial charge in [-0.1, -0.05) is 140 Å². The van der Waals surface area contributed by atoms with E-state index in [1.54, 1.807) is 0 Å². The Morgan fingerprint density at radius 1 is 0.277 bits per heavy atom. The van der Waals surface area contributed by atoms with E-state index in [4.69, 9.17) is 4.42 Å². The SMILES string of the molecule is c1ccc(N(c2ccc3ccccc3c2)c2ccc3cc(-c4cc(-c5ccc6oc7ccccc7c6c5)cc(-c5ccc6c7ccccc7n(-c7ccccc7)c6c5)c4)ccc3c2)cc1. The molecule has 0 radical (unpaired) electrons. The summed E-state index contributed by atoms with van der Waals surface area (Å²) in [4.78, 5) is 2.35. The molecule has 2 aromatic heterocycles. The van der Waals surface area contributed by atoms with Crippen molar-refractivity contribution in [2.75, 3.05) is 4.90 Å². The lowest BCUT2D eigenvalue weighted by atomic mass is 9.91. The fourth-order valence-electron chi connectivity index (χ4n) is 9.93. The third kappa shape index (κ3) is 6.36. The number of hydrogen-bond donors (Lipinski definition) is 0. The Bertz CT molecular complexity index is 3950. The first-order chi connectivity index (χ1) is 32.2. The van der Waals surface area contributed by atoms with Gasteiger partial charge in [-0.25, -0.2) is 0 Å². The lowest BCUT2D eigenvalue weighted by Crippen LogP contribution is -2.09. The maximum absolute atomic E-state index is 6.27. The van der Waals surface area contributed by atoms with Crippen molar-refractivity contribution in [3.63, 3.8) is 0 Å². The zero-order valence-electron chi connectivity index (χ0n) is 35.4. The highest BCUT2D eigenvalue weighted by Gasteiger charge is 2.17. The van der Waals surface area contributed by atoms with Gasteiger partial charge in [-0.15, -0.1) is 0 Å². The highest BCUT2D eigenvalue weighted by atomic mass is 16.3. The number of hydrogen-bond acceptors (Lipinski definition) is 2. The van der Waals surface area contributed by atoms with Gasteiger partial charge in [0, 0.05) is 44.3 Å². The van der Waals surface area contributed by atoms with Crippen molar-refractivity contribution in [3.05, 3.63) is 243 Å². The molecule has 0 spiro atoms. The Morgan fingerprint density at radius 3 is 1.58 bits per heavy atom. The summed E-state index contributed by atoms with van der Waals surface area (Å²) in [5, 5.41) is 9.54. The van der Waals surface area contributed by atoms with Crippen molar-refractivity contribution in [2.45, 2.75) is 0 Å². The van der Waals surface area contributed by atoms with Crippen LogP contribution < -0.4 is 4.90 Å². The van der Waals surface area contributed by atoms with E-state index >= 15 is 0 Å². The first-order valence-corrected chi connectivity index (χ1v) is 22.2. The van der Waals surface area contributed by atoms with E-state index in [1.807, 2.05) is 12.1 Å². The van der Waals surface area contributed by atoms with E-state index in [9.17, 15) is 0 Å². The summed E-state index contributed by atoms with van der Waals surface area (Å²) in [6, 6.07) is 88.0. The van der Waals surface area contributed by atoms with Crippen LogP contribution in [0.25, 0.3) is 104 Å². The molecular weight excluding hydrogens is 789 g/mol. The van der Waals surface area contributed by atoms with Crippen LogP contribution in [0, 0.1) is 0 Å². The van der Waals surface area contributed by atoms with Crippen LogP contribution in [0.15, 0.2) is 247 Å². The maximum Gasteiger partial charge on any atom is 0.135 e. The van der Waals surface area contributed by atoms with Gasteiger partial charge in [-0.2, -0.15) is 0 Å². The lowest BCUT2D eigenvalue weighted by Gasteiger charge is -2.26. The molecule has 0 aliphatic heterocycles. The number of furan rings is 1. The van der Waals surface area contributed by atoms with Crippen molar-refractivity contribution in [1.29, 1.82) is 0 Å². The van der Waals surface area contributed by atoms with Crippen LogP contribution in [-0.4, -0.2) is 4.57 Å². The molecule has 65 heavy (non-hydrogen) atoms.